The normalized spacial score (nSPS) is 12.0. The Hall–Kier alpha value is -1.12. The van der Waals surface area contributed by atoms with Crippen LogP contribution in [-0.2, 0) is 6.54 Å². The van der Waals surface area contributed by atoms with Gasteiger partial charge in [-0.3, -0.25) is 4.90 Å². The van der Waals surface area contributed by atoms with Gasteiger partial charge >= 0.3 is 0 Å². The Labute approximate surface area is 133 Å². The maximum atomic E-state index is 6.38. The van der Waals surface area contributed by atoms with Crippen molar-refractivity contribution in [2.75, 3.05) is 13.1 Å². The lowest BCUT2D eigenvalue weighted by Crippen LogP contribution is -2.31. The average molecular weight is 305 g/mol. The van der Waals surface area contributed by atoms with E-state index >= 15 is 0 Å². The van der Waals surface area contributed by atoms with Crippen LogP contribution in [0.15, 0.2) is 30.3 Å². The molecule has 0 radical (unpaired) electrons. The molecule has 0 spiro atoms. The first-order chi connectivity index (χ1) is 9.95. The minimum Gasteiger partial charge on any atom is -0.298 e. The topological polar surface area (TPSA) is 16.1 Å². The summed E-state index contributed by atoms with van der Waals surface area (Å²) in [6, 6.07) is 10.3. The maximum Gasteiger partial charge on any atom is 0.134 e. The molecule has 1 heterocycles. The van der Waals surface area contributed by atoms with Crippen LogP contribution >= 0.6 is 11.6 Å². The number of hydrogen-bond donors (Lipinski definition) is 0. The molecule has 0 amide bonds. The lowest BCUT2D eigenvalue weighted by molar-refractivity contribution is 0.211. The highest BCUT2D eigenvalue weighted by Crippen LogP contribution is 2.22. The van der Waals surface area contributed by atoms with Gasteiger partial charge in [0.25, 0.3) is 0 Å². The van der Waals surface area contributed by atoms with Crippen LogP contribution in [-0.4, -0.2) is 23.0 Å². The molecule has 0 saturated carbocycles. The summed E-state index contributed by atoms with van der Waals surface area (Å²) in [5, 5.41) is 1.79. The zero-order valence-corrected chi connectivity index (χ0v) is 14.2. The Morgan fingerprint density at radius 2 is 1.67 bits per heavy atom. The van der Waals surface area contributed by atoms with Gasteiger partial charge in [-0.15, -0.1) is 0 Å². The van der Waals surface area contributed by atoms with Gasteiger partial charge in [-0.05, 0) is 24.0 Å². The minimum absolute atomic E-state index is 0.631. The third kappa shape index (κ3) is 4.69. The van der Waals surface area contributed by atoms with Crippen LogP contribution in [0.2, 0.25) is 5.15 Å². The summed E-state index contributed by atoms with van der Waals surface area (Å²) in [4.78, 5) is 7.00. The number of fused-ring (bicyclic) bond motifs is 1. The van der Waals surface area contributed by atoms with Crippen LogP contribution < -0.4 is 0 Å². The van der Waals surface area contributed by atoms with Gasteiger partial charge in [-0.1, -0.05) is 57.5 Å². The molecule has 0 aliphatic carbocycles. The Morgan fingerprint density at radius 1 is 1.05 bits per heavy atom. The quantitative estimate of drug-likeness (QED) is 0.698. The zero-order valence-electron chi connectivity index (χ0n) is 13.4. The summed E-state index contributed by atoms with van der Waals surface area (Å²) in [7, 11) is 0. The number of nitrogens with zero attached hydrogens (tertiary/aromatic N) is 2. The molecule has 0 unspecified atom stereocenters. The Kier molecular flexibility index (Phi) is 5.60. The number of halogens is 1. The first-order valence-corrected chi connectivity index (χ1v) is 8.10. The van der Waals surface area contributed by atoms with Crippen molar-refractivity contribution < 1.29 is 0 Å². The third-order valence-electron chi connectivity index (χ3n) is 3.39. The molecule has 0 aliphatic heterocycles. The Bertz CT molecular complexity index is 583. The van der Waals surface area contributed by atoms with E-state index in [2.05, 4.69) is 49.7 Å². The van der Waals surface area contributed by atoms with Crippen LogP contribution in [0.4, 0.5) is 0 Å². The van der Waals surface area contributed by atoms with Crippen LogP contribution in [0.25, 0.3) is 10.9 Å². The molecule has 1 aromatic carbocycles. The molecule has 2 nitrogen and oxygen atoms in total. The van der Waals surface area contributed by atoms with Gasteiger partial charge in [0.05, 0.1) is 5.52 Å². The van der Waals surface area contributed by atoms with Gasteiger partial charge < -0.3 is 0 Å². The predicted molar refractivity (Wildman–Crippen MR) is 91.7 cm³/mol. The molecule has 3 heteroatoms. The van der Waals surface area contributed by atoms with Crippen molar-refractivity contribution in [2.24, 2.45) is 11.8 Å². The fourth-order valence-electron chi connectivity index (χ4n) is 2.72. The van der Waals surface area contributed by atoms with Gasteiger partial charge in [0.1, 0.15) is 5.15 Å². The molecule has 0 saturated heterocycles. The number of pyridine rings is 1. The largest absolute Gasteiger partial charge is 0.298 e. The highest BCUT2D eigenvalue weighted by molar-refractivity contribution is 6.30. The summed E-state index contributed by atoms with van der Waals surface area (Å²) in [5.41, 5.74) is 2.09. The molecule has 2 rings (SSSR count). The van der Waals surface area contributed by atoms with Crippen molar-refractivity contribution in [1.82, 2.24) is 9.88 Å². The molecule has 114 valence electrons. The fraction of sp³-hybridized carbons (Fsp3) is 0.500. The highest BCUT2D eigenvalue weighted by Gasteiger charge is 2.13. The number of para-hydroxylation sites is 1. The predicted octanol–water partition coefficient (Wildman–Crippen LogP) is 5.00. The molecule has 0 atom stereocenters. The van der Waals surface area contributed by atoms with E-state index in [9.17, 15) is 0 Å². The number of aromatic nitrogens is 1. The van der Waals surface area contributed by atoms with Gasteiger partial charge in [-0.25, -0.2) is 4.98 Å². The van der Waals surface area contributed by atoms with Crippen LogP contribution in [0.3, 0.4) is 0 Å². The summed E-state index contributed by atoms with van der Waals surface area (Å²) < 4.78 is 0. The maximum absolute atomic E-state index is 6.38. The third-order valence-corrected chi connectivity index (χ3v) is 3.72. The molecular weight excluding hydrogens is 280 g/mol. The molecule has 2 aromatic rings. The second kappa shape index (κ2) is 7.24. The van der Waals surface area contributed by atoms with Gasteiger partial charge in [0.15, 0.2) is 0 Å². The number of hydrogen-bond acceptors (Lipinski definition) is 2. The van der Waals surface area contributed by atoms with Crippen molar-refractivity contribution in [3.05, 3.63) is 41.0 Å². The van der Waals surface area contributed by atoms with E-state index in [0.717, 1.165) is 36.1 Å². The standard InChI is InChI=1S/C18H25ClN2/c1-13(2)10-21(11-14(3)4)12-16-9-15-7-5-6-8-17(15)20-18(16)19/h5-9,13-14H,10-12H2,1-4H3. The van der Waals surface area contributed by atoms with Crippen LogP contribution in [0.5, 0.6) is 0 Å². The molecule has 0 bridgehead atoms. The number of benzene rings is 1. The number of rotatable bonds is 6. The van der Waals surface area contributed by atoms with Crippen LogP contribution in [0.1, 0.15) is 33.3 Å². The van der Waals surface area contributed by atoms with Gasteiger partial charge in [0.2, 0.25) is 0 Å². The van der Waals surface area contributed by atoms with Gasteiger partial charge in [-0.2, -0.15) is 0 Å². The lowest BCUT2D eigenvalue weighted by atomic mass is 10.1. The van der Waals surface area contributed by atoms with Crippen molar-refractivity contribution in [1.29, 1.82) is 0 Å². The monoisotopic (exact) mass is 304 g/mol. The van der Waals surface area contributed by atoms with Crippen molar-refractivity contribution in [2.45, 2.75) is 34.2 Å². The molecule has 21 heavy (non-hydrogen) atoms. The van der Waals surface area contributed by atoms with E-state index in [1.165, 1.54) is 0 Å². The van der Waals surface area contributed by atoms with E-state index < -0.39 is 0 Å². The summed E-state index contributed by atoms with van der Waals surface area (Å²) >= 11 is 6.38. The second-order valence-electron chi connectivity index (χ2n) is 6.61. The van der Waals surface area contributed by atoms with E-state index in [1.54, 1.807) is 0 Å². The van der Waals surface area contributed by atoms with E-state index in [1.807, 2.05) is 18.2 Å². The highest BCUT2D eigenvalue weighted by atomic mass is 35.5. The smallest absolute Gasteiger partial charge is 0.134 e. The summed E-state index contributed by atoms with van der Waals surface area (Å²) in [6.45, 7) is 12.1. The van der Waals surface area contributed by atoms with E-state index in [-0.39, 0.29) is 0 Å². The second-order valence-corrected chi connectivity index (χ2v) is 6.97. The molecule has 1 aromatic heterocycles. The minimum atomic E-state index is 0.631. The van der Waals surface area contributed by atoms with E-state index in [4.69, 9.17) is 11.6 Å². The Morgan fingerprint density at radius 3 is 2.29 bits per heavy atom. The van der Waals surface area contributed by atoms with Crippen molar-refractivity contribution >= 4 is 22.5 Å². The van der Waals surface area contributed by atoms with E-state index in [0.29, 0.717) is 17.0 Å². The summed E-state index contributed by atoms with van der Waals surface area (Å²) in [5.74, 6) is 1.30. The van der Waals surface area contributed by atoms with Crippen molar-refractivity contribution in [3.63, 3.8) is 0 Å². The molecular formula is C18H25ClN2. The van der Waals surface area contributed by atoms with Gasteiger partial charge in [0, 0.05) is 30.6 Å². The first kappa shape index (κ1) is 16.3. The van der Waals surface area contributed by atoms with Crippen LogP contribution in [0, 0.1) is 11.8 Å². The molecule has 0 N–H and O–H groups in total. The molecule has 0 aliphatic rings. The summed E-state index contributed by atoms with van der Waals surface area (Å²) in [6.07, 6.45) is 0. The lowest BCUT2D eigenvalue weighted by Gasteiger charge is -2.26. The van der Waals surface area contributed by atoms with Crippen molar-refractivity contribution in [3.8, 4) is 0 Å². The average Bonchev–Trinajstić information content (AvgIpc) is 2.38. The fourth-order valence-corrected chi connectivity index (χ4v) is 2.93. The zero-order chi connectivity index (χ0) is 15.4. The SMILES string of the molecule is CC(C)CN(Cc1cc2ccccc2nc1Cl)CC(C)C. The Balaban J connectivity index is 2.24. The molecule has 0 fully saturated rings. The first-order valence-electron chi connectivity index (χ1n) is 7.72.